The quantitative estimate of drug-likeness (QED) is 0.864. The van der Waals surface area contributed by atoms with Crippen molar-refractivity contribution < 1.29 is 9.53 Å². The van der Waals surface area contributed by atoms with Gasteiger partial charge in [-0.15, -0.1) is 0 Å². The Balaban J connectivity index is 1.58. The Kier molecular flexibility index (Phi) is 4.25. The molecule has 108 valence electrons. The minimum absolute atomic E-state index is 0.0598. The molecule has 1 amide bonds. The molecule has 2 aromatic carbocycles. The summed E-state index contributed by atoms with van der Waals surface area (Å²) in [4.78, 5) is 12.2. The maximum absolute atomic E-state index is 12.2. The van der Waals surface area contributed by atoms with Gasteiger partial charge in [-0.2, -0.15) is 0 Å². The number of halogens is 1. The van der Waals surface area contributed by atoms with Gasteiger partial charge in [0, 0.05) is 18.3 Å². The molecule has 1 aliphatic heterocycles. The average molecular weight is 346 g/mol. The number of amides is 1. The summed E-state index contributed by atoms with van der Waals surface area (Å²) in [5.41, 5.74) is 3.39. The lowest BCUT2D eigenvalue weighted by molar-refractivity contribution is -0.127. The zero-order valence-corrected chi connectivity index (χ0v) is 13.1. The molecular formula is C17H16BrNO2. The van der Waals surface area contributed by atoms with Gasteiger partial charge in [-0.1, -0.05) is 58.4 Å². The number of ether oxygens (including phenoxy) is 1. The van der Waals surface area contributed by atoms with Crippen LogP contribution in [0.4, 0.5) is 0 Å². The zero-order valence-electron chi connectivity index (χ0n) is 11.5. The van der Waals surface area contributed by atoms with Crippen molar-refractivity contribution in [3.05, 3.63) is 65.2 Å². The van der Waals surface area contributed by atoms with Crippen molar-refractivity contribution in [3.8, 4) is 5.75 Å². The van der Waals surface area contributed by atoms with Crippen LogP contribution in [0, 0.1) is 0 Å². The van der Waals surface area contributed by atoms with Gasteiger partial charge in [0.15, 0.2) is 6.10 Å². The summed E-state index contributed by atoms with van der Waals surface area (Å²) in [6.45, 7) is 0.524. The van der Waals surface area contributed by atoms with Crippen molar-refractivity contribution in [2.45, 2.75) is 24.4 Å². The Morgan fingerprint density at radius 1 is 1.19 bits per heavy atom. The molecule has 2 aromatic rings. The van der Waals surface area contributed by atoms with Crippen molar-refractivity contribution in [2.24, 2.45) is 0 Å². The van der Waals surface area contributed by atoms with Gasteiger partial charge < -0.3 is 10.1 Å². The van der Waals surface area contributed by atoms with E-state index in [0.717, 1.165) is 22.2 Å². The van der Waals surface area contributed by atoms with Crippen molar-refractivity contribution >= 4 is 21.8 Å². The van der Waals surface area contributed by atoms with Gasteiger partial charge >= 0.3 is 0 Å². The lowest BCUT2D eigenvalue weighted by atomic mass is 10.1. The standard InChI is InChI=1S/C17H16BrNO2/c18-10-12-4-3-5-13(8-12)11-19-17(20)16-9-14-6-1-2-7-15(14)21-16/h1-8,16H,9-11H2,(H,19,20). The molecule has 0 aromatic heterocycles. The molecule has 1 heterocycles. The van der Waals surface area contributed by atoms with E-state index >= 15 is 0 Å². The third-order valence-electron chi connectivity index (χ3n) is 3.55. The maximum atomic E-state index is 12.2. The third kappa shape index (κ3) is 3.27. The summed E-state index contributed by atoms with van der Waals surface area (Å²) >= 11 is 3.43. The molecule has 0 saturated carbocycles. The molecule has 0 fully saturated rings. The molecule has 0 aliphatic carbocycles. The van der Waals surface area contributed by atoms with Crippen LogP contribution < -0.4 is 10.1 Å². The highest BCUT2D eigenvalue weighted by atomic mass is 79.9. The molecule has 21 heavy (non-hydrogen) atoms. The van der Waals surface area contributed by atoms with E-state index < -0.39 is 6.10 Å². The Bertz CT molecular complexity index is 632. The Hall–Kier alpha value is -1.81. The van der Waals surface area contributed by atoms with E-state index in [2.05, 4.69) is 33.4 Å². The first-order valence-corrected chi connectivity index (χ1v) is 8.04. The maximum Gasteiger partial charge on any atom is 0.261 e. The molecule has 1 unspecified atom stereocenters. The van der Waals surface area contributed by atoms with Crippen molar-refractivity contribution in [3.63, 3.8) is 0 Å². The zero-order chi connectivity index (χ0) is 14.7. The normalized spacial score (nSPS) is 16.1. The van der Waals surface area contributed by atoms with E-state index in [1.165, 1.54) is 5.56 Å². The van der Waals surface area contributed by atoms with Crippen LogP contribution in [0.1, 0.15) is 16.7 Å². The number of alkyl halides is 1. The van der Waals surface area contributed by atoms with Crippen LogP contribution in [0.15, 0.2) is 48.5 Å². The summed E-state index contributed by atoms with van der Waals surface area (Å²) in [5, 5.41) is 3.76. The highest BCUT2D eigenvalue weighted by molar-refractivity contribution is 9.08. The second-order valence-corrected chi connectivity index (χ2v) is 5.65. The van der Waals surface area contributed by atoms with E-state index in [-0.39, 0.29) is 5.91 Å². The minimum Gasteiger partial charge on any atom is -0.480 e. The van der Waals surface area contributed by atoms with Gasteiger partial charge in [0.25, 0.3) is 5.91 Å². The van der Waals surface area contributed by atoms with Gasteiger partial charge in [-0.05, 0) is 22.8 Å². The number of carbonyl (C=O) groups is 1. The van der Waals surface area contributed by atoms with Crippen LogP contribution in [0.5, 0.6) is 5.75 Å². The fraction of sp³-hybridized carbons (Fsp3) is 0.235. The largest absolute Gasteiger partial charge is 0.480 e. The molecule has 1 atom stereocenters. The Morgan fingerprint density at radius 3 is 2.81 bits per heavy atom. The molecule has 0 bridgehead atoms. The lowest BCUT2D eigenvalue weighted by Crippen LogP contribution is -2.37. The smallest absolute Gasteiger partial charge is 0.261 e. The molecule has 1 aliphatic rings. The number of carbonyl (C=O) groups excluding carboxylic acids is 1. The predicted octanol–water partition coefficient (Wildman–Crippen LogP) is 3.20. The Labute approximate surface area is 132 Å². The SMILES string of the molecule is O=C(NCc1cccc(CBr)c1)C1Cc2ccccc2O1. The molecule has 0 saturated heterocycles. The number of nitrogens with one attached hydrogen (secondary N) is 1. The third-order valence-corrected chi connectivity index (χ3v) is 4.20. The number of para-hydroxylation sites is 1. The van der Waals surface area contributed by atoms with Gasteiger partial charge in [0.1, 0.15) is 5.75 Å². The monoisotopic (exact) mass is 345 g/mol. The summed E-state index contributed by atoms with van der Waals surface area (Å²) in [7, 11) is 0. The summed E-state index contributed by atoms with van der Waals surface area (Å²) in [6.07, 6.45) is 0.227. The molecule has 0 radical (unpaired) electrons. The molecule has 3 rings (SSSR count). The fourth-order valence-corrected chi connectivity index (χ4v) is 2.80. The van der Waals surface area contributed by atoms with Crippen molar-refractivity contribution in [2.75, 3.05) is 0 Å². The number of hydrogen-bond donors (Lipinski definition) is 1. The summed E-state index contributed by atoms with van der Waals surface area (Å²) in [5.74, 6) is 0.759. The second kappa shape index (κ2) is 6.31. The van der Waals surface area contributed by atoms with Gasteiger partial charge in [0.05, 0.1) is 0 Å². The molecule has 3 nitrogen and oxygen atoms in total. The first-order valence-electron chi connectivity index (χ1n) is 6.92. The molecule has 4 heteroatoms. The number of hydrogen-bond acceptors (Lipinski definition) is 2. The summed E-state index contributed by atoms with van der Waals surface area (Å²) in [6, 6.07) is 15.9. The fourth-order valence-electron chi connectivity index (χ4n) is 2.45. The topological polar surface area (TPSA) is 38.3 Å². The first-order chi connectivity index (χ1) is 10.3. The number of benzene rings is 2. The highest BCUT2D eigenvalue weighted by Gasteiger charge is 2.28. The average Bonchev–Trinajstić information content (AvgIpc) is 2.97. The predicted molar refractivity (Wildman–Crippen MR) is 85.5 cm³/mol. The van der Waals surface area contributed by atoms with Crippen molar-refractivity contribution in [1.29, 1.82) is 0 Å². The minimum atomic E-state index is -0.415. The van der Waals surface area contributed by atoms with Gasteiger partial charge in [-0.3, -0.25) is 4.79 Å². The molecular weight excluding hydrogens is 330 g/mol. The molecule has 1 N–H and O–H groups in total. The molecule has 0 spiro atoms. The Morgan fingerprint density at radius 2 is 2.00 bits per heavy atom. The highest BCUT2D eigenvalue weighted by Crippen LogP contribution is 2.28. The van der Waals surface area contributed by atoms with E-state index in [4.69, 9.17) is 4.74 Å². The van der Waals surface area contributed by atoms with E-state index in [1.807, 2.05) is 36.4 Å². The van der Waals surface area contributed by atoms with Crippen LogP contribution in [0.25, 0.3) is 0 Å². The number of fused-ring (bicyclic) bond motifs is 1. The van der Waals surface area contributed by atoms with Crippen LogP contribution in [0.2, 0.25) is 0 Å². The first kappa shape index (κ1) is 14.1. The van der Waals surface area contributed by atoms with Crippen LogP contribution >= 0.6 is 15.9 Å². The van der Waals surface area contributed by atoms with Gasteiger partial charge in [0.2, 0.25) is 0 Å². The van der Waals surface area contributed by atoms with Crippen LogP contribution in [-0.4, -0.2) is 12.0 Å². The van der Waals surface area contributed by atoms with Gasteiger partial charge in [-0.25, -0.2) is 0 Å². The number of rotatable bonds is 4. The van der Waals surface area contributed by atoms with E-state index in [9.17, 15) is 4.79 Å². The summed E-state index contributed by atoms with van der Waals surface area (Å²) < 4.78 is 5.68. The second-order valence-electron chi connectivity index (χ2n) is 5.09. The van der Waals surface area contributed by atoms with Crippen LogP contribution in [-0.2, 0) is 23.1 Å². The lowest BCUT2D eigenvalue weighted by Gasteiger charge is -2.11. The van der Waals surface area contributed by atoms with Crippen LogP contribution in [0.3, 0.4) is 0 Å². The van der Waals surface area contributed by atoms with E-state index in [0.29, 0.717) is 13.0 Å². The van der Waals surface area contributed by atoms with E-state index in [1.54, 1.807) is 0 Å². The van der Waals surface area contributed by atoms with Crippen molar-refractivity contribution in [1.82, 2.24) is 5.32 Å².